The maximum Gasteiger partial charge on any atom is 0.233 e. The number of nitrogens with zero attached hydrogens (tertiary/aromatic N) is 3. The van der Waals surface area contributed by atoms with Crippen molar-refractivity contribution in [2.45, 2.75) is 44.1 Å². The van der Waals surface area contributed by atoms with E-state index < -0.39 is 0 Å². The van der Waals surface area contributed by atoms with Gasteiger partial charge < -0.3 is 9.88 Å². The van der Waals surface area contributed by atoms with E-state index in [1.165, 1.54) is 11.8 Å². The molecule has 0 fully saturated rings. The maximum atomic E-state index is 12.0. The minimum absolute atomic E-state index is 0.0143. The minimum atomic E-state index is -0.213. The molecule has 0 aliphatic carbocycles. The standard InChI is InChI=1S/C16H22N4OS/c1-10(2)17-15(21)12(4)22-16-19-18-14(20(16)5)13-9-7-6-8-11(13)3/h6-10,12H,1-5H3,(H,17,21)/t12-/m1/s1. The van der Waals surface area contributed by atoms with Gasteiger partial charge in [-0.2, -0.15) is 0 Å². The molecule has 0 saturated carbocycles. The molecule has 0 radical (unpaired) electrons. The van der Waals surface area contributed by atoms with E-state index in [1.807, 2.05) is 50.6 Å². The summed E-state index contributed by atoms with van der Waals surface area (Å²) in [5.74, 6) is 0.831. The van der Waals surface area contributed by atoms with E-state index in [-0.39, 0.29) is 17.2 Å². The van der Waals surface area contributed by atoms with Gasteiger partial charge in [-0.3, -0.25) is 4.79 Å². The zero-order valence-corrected chi connectivity index (χ0v) is 14.4. The summed E-state index contributed by atoms with van der Waals surface area (Å²) < 4.78 is 1.94. The van der Waals surface area contributed by atoms with Crippen LogP contribution in [0, 0.1) is 6.92 Å². The number of aryl methyl sites for hydroxylation is 1. The Morgan fingerprint density at radius 1 is 1.23 bits per heavy atom. The molecule has 1 atom stereocenters. The van der Waals surface area contributed by atoms with Gasteiger partial charge in [0.15, 0.2) is 11.0 Å². The summed E-state index contributed by atoms with van der Waals surface area (Å²) in [6.07, 6.45) is 0. The summed E-state index contributed by atoms with van der Waals surface area (Å²) in [7, 11) is 1.93. The Morgan fingerprint density at radius 3 is 2.55 bits per heavy atom. The highest BCUT2D eigenvalue weighted by Gasteiger charge is 2.20. The van der Waals surface area contributed by atoms with Crippen molar-refractivity contribution in [2.75, 3.05) is 0 Å². The molecule has 5 nitrogen and oxygen atoms in total. The summed E-state index contributed by atoms with van der Waals surface area (Å²) in [5.41, 5.74) is 2.21. The Kier molecular flexibility index (Phi) is 5.24. The van der Waals surface area contributed by atoms with E-state index in [9.17, 15) is 4.79 Å². The highest BCUT2D eigenvalue weighted by Crippen LogP contribution is 2.27. The number of rotatable bonds is 5. The van der Waals surface area contributed by atoms with E-state index in [4.69, 9.17) is 0 Å². The van der Waals surface area contributed by atoms with E-state index in [2.05, 4.69) is 28.5 Å². The second-order valence-electron chi connectivity index (χ2n) is 5.60. The first-order valence-corrected chi connectivity index (χ1v) is 8.20. The molecule has 2 aromatic rings. The Morgan fingerprint density at radius 2 is 1.91 bits per heavy atom. The number of carbonyl (C=O) groups is 1. The first kappa shape index (κ1) is 16.5. The van der Waals surface area contributed by atoms with E-state index in [0.717, 1.165) is 22.1 Å². The van der Waals surface area contributed by atoms with Crippen LogP contribution in [-0.2, 0) is 11.8 Å². The van der Waals surface area contributed by atoms with Crippen molar-refractivity contribution in [3.8, 4) is 11.4 Å². The SMILES string of the molecule is Cc1ccccc1-c1nnc(S[C@H](C)C(=O)NC(C)C)n1C. The van der Waals surface area contributed by atoms with Crippen LogP contribution in [0.4, 0.5) is 0 Å². The summed E-state index contributed by atoms with van der Waals surface area (Å²) in [4.78, 5) is 12.0. The van der Waals surface area contributed by atoms with Gasteiger partial charge in [-0.1, -0.05) is 36.0 Å². The number of thioether (sulfide) groups is 1. The first-order chi connectivity index (χ1) is 10.4. The zero-order chi connectivity index (χ0) is 16.3. The third kappa shape index (κ3) is 3.68. The van der Waals surface area contributed by atoms with Gasteiger partial charge in [0, 0.05) is 18.7 Å². The molecular formula is C16H22N4OS. The van der Waals surface area contributed by atoms with Gasteiger partial charge in [0.05, 0.1) is 5.25 Å². The number of hydrogen-bond donors (Lipinski definition) is 1. The third-order valence-corrected chi connectivity index (χ3v) is 4.44. The summed E-state index contributed by atoms with van der Waals surface area (Å²) in [6.45, 7) is 7.84. The molecule has 22 heavy (non-hydrogen) atoms. The van der Waals surface area contributed by atoms with Gasteiger partial charge in [-0.05, 0) is 33.3 Å². The molecule has 2 rings (SSSR count). The normalized spacial score (nSPS) is 12.5. The van der Waals surface area contributed by atoms with Crippen LogP contribution in [0.5, 0.6) is 0 Å². The number of carbonyl (C=O) groups excluding carboxylic acids is 1. The predicted molar refractivity (Wildman–Crippen MR) is 89.8 cm³/mol. The van der Waals surface area contributed by atoms with Gasteiger partial charge in [0.25, 0.3) is 0 Å². The Labute approximate surface area is 135 Å². The monoisotopic (exact) mass is 318 g/mol. The minimum Gasteiger partial charge on any atom is -0.353 e. The summed E-state index contributed by atoms with van der Waals surface area (Å²) in [5, 5.41) is 12.0. The van der Waals surface area contributed by atoms with E-state index in [1.54, 1.807) is 0 Å². The van der Waals surface area contributed by atoms with Crippen molar-refractivity contribution in [3.05, 3.63) is 29.8 Å². The third-order valence-electron chi connectivity index (χ3n) is 3.30. The quantitative estimate of drug-likeness (QED) is 0.861. The molecule has 118 valence electrons. The predicted octanol–water partition coefficient (Wildman–Crippen LogP) is 2.80. The Bertz CT molecular complexity index is 666. The highest BCUT2D eigenvalue weighted by molar-refractivity contribution is 8.00. The molecule has 0 aliphatic rings. The lowest BCUT2D eigenvalue weighted by atomic mass is 10.1. The average molecular weight is 318 g/mol. The van der Waals surface area contributed by atoms with Crippen molar-refractivity contribution in [3.63, 3.8) is 0 Å². The van der Waals surface area contributed by atoms with Crippen LogP contribution in [0.2, 0.25) is 0 Å². The van der Waals surface area contributed by atoms with Gasteiger partial charge in [0.1, 0.15) is 0 Å². The van der Waals surface area contributed by atoms with Crippen LogP contribution in [0.1, 0.15) is 26.3 Å². The fourth-order valence-electron chi connectivity index (χ4n) is 2.09. The molecule has 0 spiro atoms. The van der Waals surface area contributed by atoms with Crippen LogP contribution >= 0.6 is 11.8 Å². The van der Waals surface area contributed by atoms with Crippen LogP contribution in [0.25, 0.3) is 11.4 Å². The molecule has 1 heterocycles. The molecule has 1 N–H and O–H groups in total. The van der Waals surface area contributed by atoms with E-state index >= 15 is 0 Å². The lowest BCUT2D eigenvalue weighted by molar-refractivity contribution is -0.120. The molecule has 1 amide bonds. The summed E-state index contributed by atoms with van der Waals surface area (Å²) in [6, 6.07) is 8.21. The van der Waals surface area contributed by atoms with E-state index in [0.29, 0.717) is 0 Å². The lowest BCUT2D eigenvalue weighted by Gasteiger charge is -2.13. The van der Waals surface area contributed by atoms with Gasteiger partial charge >= 0.3 is 0 Å². The van der Waals surface area contributed by atoms with Crippen molar-refractivity contribution in [2.24, 2.45) is 7.05 Å². The van der Waals surface area contributed by atoms with Crippen LogP contribution in [-0.4, -0.2) is 32.0 Å². The van der Waals surface area contributed by atoms with Gasteiger partial charge in [-0.15, -0.1) is 10.2 Å². The van der Waals surface area contributed by atoms with Crippen molar-refractivity contribution < 1.29 is 4.79 Å². The molecule has 0 unspecified atom stereocenters. The number of hydrogen-bond acceptors (Lipinski definition) is 4. The van der Waals surface area contributed by atoms with Crippen molar-refractivity contribution in [1.29, 1.82) is 0 Å². The highest BCUT2D eigenvalue weighted by atomic mass is 32.2. The average Bonchev–Trinajstić information content (AvgIpc) is 2.80. The largest absolute Gasteiger partial charge is 0.353 e. The molecule has 0 saturated heterocycles. The molecule has 0 bridgehead atoms. The van der Waals surface area contributed by atoms with Crippen LogP contribution < -0.4 is 5.32 Å². The van der Waals surface area contributed by atoms with Gasteiger partial charge in [0.2, 0.25) is 5.91 Å². The Balaban J connectivity index is 2.18. The van der Waals surface area contributed by atoms with Gasteiger partial charge in [-0.25, -0.2) is 0 Å². The fraction of sp³-hybridized carbons (Fsp3) is 0.438. The summed E-state index contributed by atoms with van der Waals surface area (Å²) >= 11 is 1.42. The second-order valence-corrected chi connectivity index (χ2v) is 6.91. The van der Waals surface area contributed by atoms with Crippen molar-refractivity contribution >= 4 is 17.7 Å². The Hall–Kier alpha value is -1.82. The van der Waals surface area contributed by atoms with Crippen LogP contribution in [0.15, 0.2) is 29.4 Å². The number of aromatic nitrogens is 3. The second kappa shape index (κ2) is 6.96. The first-order valence-electron chi connectivity index (χ1n) is 7.32. The number of benzene rings is 1. The maximum absolute atomic E-state index is 12.0. The van der Waals surface area contributed by atoms with Crippen LogP contribution in [0.3, 0.4) is 0 Å². The molecule has 0 aliphatic heterocycles. The molecular weight excluding hydrogens is 296 g/mol. The number of amides is 1. The molecule has 1 aromatic heterocycles. The number of nitrogens with one attached hydrogen (secondary N) is 1. The molecule has 1 aromatic carbocycles. The smallest absolute Gasteiger partial charge is 0.233 e. The van der Waals surface area contributed by atoms with Crippen molar-refractivity contribution in [1.82, 2.24) is 20.1 Å². The zero-order valence-electron chi connectivity index (χ0n) is 13.6. The topological polar surface area (TPSA) is 59.8 Å². The lowest BCUT2D eigenvalue weighted by Crippen LogP contribution is -2.36. The fourth-order valence-corrected chi connectivity index (χ4v) is 2.91. The molecule has 6 heteroatoms.